The van der Waals surface area contributed by atoms with Crippen molar-refractivity contribution in [1.82, 2.24) is 5.32 Å². The van der Waals surface area contributed by atoms with Crippen LogP contribution in [0.25, 0.3) is 0 Å². The number of nitrogens with one attached hydrogen (secondary N) is 1. The van der Waals surface area contributed by atoms with E-state index in [0.29, 0.717) is 31.1 Å². The van der Waals surface area contributed by atoms with Crippen LogP contribution in [-0.2, 0) is 16.0 Å². The molecule has 0 spiro atoms. The van der Waals surface area contributed by atoms with Crippen LogP contribution in [0.2, 0.25) is 0 Å². The lowest BCUT2D eigenvalue weighted by molar-refractivity contribution is -0.120. The van der Waals surface area contributed by atoms with Crippen LogP contribution in [0.15, 0.2) is 12.1 Å². The number of hydrogen-bond donors (Lipinski definition) is 1. The van der Waals surface area contributed by atoms with Crippen molar-refractivity contribution >= 4 is 5.91 Å². The van der Waals surface area contributed by atoms with Crippen molar-refractivity contribution < 1.29 is 19.0 Å². The van der Waals surface area contributed by atoms with E-state index >= 15 is 0 Å². The van der Waals surface area contributed by atoms with E-state index in [4.69, 9.17) is 14.2 Å². The highest BCUT2D eigenvalue weighted by Gasteiger charge is 2.11. The molecular weight excluding hydrogens is 258 g/mol. The Balaban J connectivity index is 2.65. The first-order valence-electron chi connectivity index (χ1n) is 6.59. The summed E-state index contributed by atoms with van der Waals surface area (Å²) in [5, 5.41) is 2.87. The molecule has 0 saturated heterocycles. The lowest BCUT2D eigenvalue weighted by atomic mass is 10.0. The lowest BCUT2D eigenvalue weighted by Crippen LogP contribution is -2.27. The third kappa shape index (κ3) is 4.74. The maximum atomic E-state index is 11.9. The Labute approximate surface area is 120 Å². The minimum absolute atomic E-state index is 0.00331. The van der Waals surface area contributed by atoms with E-state index < -0.39 is 0 Å². The molecule has 0 atom stereocenters. The van der Waals surface area contributed by atoms with Crippen LogP contribution in [0.3, 0.4) is 0 Å². The van der Waals surface area contributed by atoms with Gasteiger partial charge in [0.1, 0.15) is 0 Å². The summed E-state index contributed by atoms with van der Waals surface area (Å²) in [6, 6.07) is 3.73. The molecule has 0 aromatic heterocycles. The molecule has 0 saturated carbocycles. The third-order valence-corrected chi connectivity index (χ3v) is 3.04. The molecule has 5 nitrogen and oxygen atoms in total. The van der Waals surface area contributed by atoms with Crippen LogP contribution in [0, 0.1) is 6.92 Å². The van der Waals surface area contributed by atoms with Crippen molar-refractivity contribution in [3.8, 4) is 11.5 Å². The van der Waals surface area contributed by atoms with Crippen molar-refractivity contribution in [3.63, 3.8) is 0 Å². The van der Waals surface area contributed by atoms with Crippen LogP contribution < -0.4 is 14.8 Å². The predicted octanol–water partition coefficient (Wildman–Crippen LogP) is 1.71. The topological polar surface area (TPSA) is 56.8 Å². The van der Waals surface area contributed by atoms with Crippen LogP contribution in [0.5, 0.6) is 11.5 Å². The van der Waals surface area contributed by atoms with E-state index in [9.17, 15) is 4.79 Å². The van der Waals surface area contributed by atoms with E-state index in [1.165, 1.54) is 0 Å². The van der Waals surface area contributed by atoms with Crippen molar-refractivity contribution in [2.24, 2.45) is 0 Å². The molecule has 1 rings (SSSR count). The molecule has 1 N–H and O–H groups in total. The van der Waals surface area contributed by atoms with Gasteiger partial charge in [0.2, 0.25) is 5.91 Å². The Morgan fingerprint density at radius 1 is 1.15 bits per heavy atom. The van der Waals surface area contributed by atoms with Crippen LogP contribution in [0.4, 0.5) is 0 Å². The quantitative estimate of drug-likeness (QED) is 0.737. The highest BCUT2D eigenvalue weighted by Crippen LogP contribution is 2.30. The van der Waals surface area contributed by atoms with Crippen LogP contribution >= 0.6 is 0 Å². The van der Waals surface area contributed by atoms with E-state index in [-0.39, 0.29) is 5.91 Å². The lowest BCUT2D eigenvalue weighted by Gasteiger charge is -2.12. The van der Waals surface area contributed by atoms with Gasteiger partial charge in [0.25, 0.3) is 0 Å². The van der Waals surface area contributed by atoms with Gasteiger partial charge in [0.05, 0.1) is 20.6 Å². The Kier molecular flexibility index (Phi) is 6.87. The highest BCUT2D eigenvalue weighted by atomic mass is 16.5. The van der Waals surface area contributed by atoms with Gasteiger partial charge in [-0.1, -0.05) is 0 Å². The number of benzene rings is 1. The van der Waals surface area contributed by atoms with Crippen molar-refractivity contribution in [2.75, 3.05) is 34.5 Å². The number of amides is 1. The van der Waals surface area contributed by atoms with Gasteiger partial charge in [-0.15, -0.1) is 0 Å². The summed E-state index contributed by atoms with van der Waals surface area (Å²) < 4.78 is 15.4. The minimum Gasteiger partial charge on any atom is -0.493 e. The largest absolute Gasteiger partial charge is 0.493 e. The fourth-order valence-corrected chi connectivity index (χ4v) is 1.89. The summed E-state index contributed by atoms with van der Waals surface area (Å²) in [6.45, 7) is 3.23. The van der Waals surface area contributed by atoms with Gasteiger partial charge in [-0.3, -0.25) is 4.79 Å². The number of rotatable bonds is 8. The first kappa shape index (κ1) is 16.3. The fraction of sp³-hybridized carbons (Fsp3) is 0.533. The Hall–Kier alpha value is -1.75. The molecule has 0 bridgehead atoms. The van der Waals surface area contributed by atoms with Gasteiger partial charge in [0, 0.05) is 20.3 Å². The molecule has 0 radical (unpaired) electrons. The highest BCUT2D eigenvalue weighted by molar-refractivity contribution is 5.79. The second-order valence-electron chi connectivity index (χ2n) is 4.51. The summed E-state index contributed by atoms with van der Waals surface area (Å²) >= 11 is 0. The molecule has 5 heteroatoms. The zero-order valence-corrected chi connectivity index (χ0v) is 12.6. The normalized spacial score (nSPS) is 10.2. The molecule has 1 aromatic rings. The molecule has 112 valence electrons. The second kappa shape index (κ2) is 8.43. The minimum atomic E-state index is -0.00331. The molecule has 0 heterocycles. The first-order valence-corrected chi connectivity index (χ1v) is 6.59. The van der Waals surface area contributed by atoms with Gasteiger partial charge in [-0.25, -0.2) is 0 Å². The molecule has 0 aliphatic heterocycles. The van der Waals surface area contributed by atoms with Crippen molar-refractivity contribution in [1.29, 1.82) is 0 Å². The maximum Gasteiger partial charge on any atom is 0.224 e. The van der Waals surface area contributed by atoms with E-state index in [2.05, 4.69) is 5.32 Å². The van der Waals surface area contributed by atoms with Gasteiger partial charge in [-0.05, 0) is 36.6 Å². The van der Waals surface area contributed by atoms with Crippen LogP contribution in [0.1, 0.15) is 17.5 Å². The average molecular weight is 281 g/mol. The standard InChI is InChI=1S/C15H23NO4/c1-11-8-13(19-3)14(20-4)9-12(11)10-15(17)16-6-5-7-18-2/h8-9H,5-7,10H2,1-4H3,(H,16,17). The first-order chi connectivity index (χ1) is 9.62. The van der Waals surface area contributed by atoms with Gasteiger partial charge < -0.3 is 19.5 Å². The summed E-state index contributed by atoms with van der Waals surface area (Å²) in [5.41, 5.74) is 1.95. The van der Waals surface area contributed by atoms with E-state index in [1.807, 2.05) is 19.1 Å². The monoisotopic (exact) mass is 281 g/mol. The molecule has 1 amide bonds. The van der Waals surface area contributed by atoms with E-state index in [0.717, 1.165) is 17.5 Å². The van der Waals surface area contributed by atoms with Gasteiger partial charge in [-0.2, -0.15) is 0 Å². The Bertz CT molecular complexity index is 446. The zero-order valence-electron chi connectivity index (χ0n) is 12.6. The summed E-state index contributed by atoms with van der Waals surface area (Å²) in [6.07, 6.45) is 1.15. The molecule has 0 fully saturated rings. The van der Waals surface area contributed by atoms with Crippen molar-refractivity contribution in [2.45, 2.75) is 19.8 Å². The second-order valence-corrected chi connectivity index (χ2v) is 4.51. The number of hydrogen-bond acceptors (Lipinski definition) is 4. The Morgan fingerprint density at radius 3 is 2.40 bits per heavy atom. The predicted molar refractivity (Wildman–Crippen MR) is 77.5 cm³/mol. The van der Waals surface area contributed by atoms with Crippen molar-refractivity contribution in [3.05, 3.63) is 23.3 Å². The number of carbonyl (C=O) groups excluding carboxylic acids is 1. The average Bonchev–Trinajstić information content (AvgIpc) is 2.45. The third-order valence-electron chi connectivity index (χ3n) is 3.04. The van der Waals surface area contributed by atoms with Crippen LogP contribution in [-0.4, -0.2) is 40.4 Å². The smallest absolute Gasteiger partial charge is 0.224 e. The number of carbonyl (C=O) groups is 1. The molecule has 1 aromatic carbocycles. The number of ether oxygens (including phenoxy) is 3. The summed E-state index contributed by atoms with van der Waals surface area (Å²) in [7, 11) is 4.83. The fourth-order valence-electron chi connectivity index (χ4n) is 1.89. The molecule has 0 unspecified atom stereocenters. The van der Waals surface area contributed by atoms with Gasteiger partial charge in [0.15, 0.2) is 11.5 Å². The molecule has 0 aliphatic carbocycles. The summed E-state index contributed by atoms with van der Waals surface area (Å²) in [4.78, 5) is 11.9. The Morgan fingerprint density at radius 2 is 1.80 bits per heavy atom. The molecule has 20 heavy (non-hydrogen) atoms. The molecular formula is C15H23NO4. The zero-order chi connectivity index (χ0) is 15.0. The van der Waals surface area contributed by atoms with Gasteiger partial charge >= 0.3 is 0 Å². The SMILES string of the molecule is COCCCNC(=O)Cc1cc(OC)c(OC)cc1C. The van der Waals surface area contributed by atoms with E-state index in [1.54, 1.807) is 21.3 Å². The number of aryl methyl sites for hydroxylation is 1. The maximum absolute atomic E-state index is 11.9. The number of methoxy groups -OCH3 is 3. The summed E-state index contributed by atoms with van der Waals surface area (Å²) in [5.74, 6) is 1.31. The molecule has 0 aliphatic rings.